The zero-order valence-electron chi connectivity index (χ0n) is 15.1. The van der Waals surface area contributed by atoms with Crippen LogP contribution in [-0.2, 0) is 23.7 Å². The Labute approximate surface area is 160 Å². The van der Waals surface area contributed by atoms with Crippen molar-refractivity contribution in [3.8, 4) is 0 Å². The van der Waals surface area contributed by atoms with Gasteiger partial charge in [-0.3, -0.25) is 0 Å². The maximum absolute atomic E-state index is 5.32. The second kappa shape index (κ2) is 9.51. The van der Waals surface area contributed by atoms with Gasteiger partial charge in [0.1, 0.15) is 0 Å². The Hall–Kier alpha value is -2.16. The summed E-state index contributed by atoms with van der Waals surface area (Å²) in [6.45, 7) is 0.698. The highest BCUT2D eigenvalue weighted by Gasteiger charge is 2.31. The molecule has 3 radical (unpaired) electrons. The van der Waals surface area contributed by atoms with E-state index in [9.17, 15) is 0 Å². The third-order valence-corrected chi connectivity index (χ3v) is 5.20. The molecule has 0 heterocycles. The van der Waals surface area contributed by atoms with Crippen LogP contribution in [0.5, 0.6) is 0 Å². The van der Waals surface area contributed by atoms with E-state index in [1.807, 2.05) is 0 Å². The summed E-state index contributed by atoms with van der Waals surface area (Å²) < 4.78 is 5.32. The molecule has 0 atom stereocenters. The van der Waals surface area contributed by atoms with Crippen molar-refractivity contribution in [3.05, 3.63) is 108 Å². The van der Waals surface area contributed by atoms with Crippen LogP contribution in [0.1, 0.15) is 23.1 Å². The number of rotatable bonds is 9. The second-order valence-electron chi connectivity index (χ2n) is 7.09. The molecule has 0 aliphatic carbocycles. The Kier molecular flexibility index (Phi) is 6.81. The van der Waals surface area contributed by atoms with Crippen molar-refractivity contribution in [1.29, 1.82) is 0 Å². The fourth-order valence-corrected chi connectivity index (χ4v) is 3.91. The van der Waals surface area contributed by atoms with E-state index >= 15 is 0 Å². The van der Waals surface area contributed by atoms with E-state index in [1.54, 1.807) is 0 Å². The highest BCUT2D eigenvalue weighted by molar-refractivity contribution is 5.97. The molecule has 0 spiro atoms. The average Bonchev–Trinajstić information content (AvgIpc) is 2.69. The maximum atomic E-state index is 5.32. The standard InChI is InChI=1S/C24H25OSi/c26-25-17-16-24(18-21-10-4-1-5-11-21,19-22-12-6-2-7-13-22)20-23-14-8-3-9-15-23/h1-15H,16-20H2. The lowest BCUT2D eigenvalue weighted by atomic mass is 9.70. The molecule has 3 aromatic rings. The van der Waals surface area contributed by atoms with E-state index in [0.29, 0.717) is 6.61 Å². The van der Waals surface area contributed by atoms with Crippen molar-refractivity contribution >= 4 is 10.5 Å². The van der Waals surface area contributed by atoms with Crippen LogP contribution in [0.3, 0.4) is 0 Å². The number of hydrogen-bond acceptors (Lipinski definition) is 1. The van der Waals surface area contributed by atoms with Crippen LogP contribution in [0.15, 0.2) is 91.0 Å². The van der Waals surface area contributed by atoms with Gasteiger partial charge in [0.2, 0.25) is 10.5 Å². The molecular weight excluding hydrogens is 332 g/mol. The van der Waals surface area contributed by atoms with E-state index in [1.165, 1.54) is 16.7 Å². The van der Waals surface area contributed by atoms with Gasteiger partial charge in [0.15, 0.2) is 0 Å². The minimum absolute atomic E-state index is 0.108. The lowest BCUT2D eigenvalue weighted by molar-refractivity contribution is 0.196. The second-order valence-corrected chi connectivity index (χ2v) is 7.37. The summed E-state index contributed by atoms with van der Waals surface area (Å²) in [6.07, 6.45) is 4.10. The van der Waals surface area contributed by atoms with Crippen molar-refractivity contribution in [2.24, 2.45) is 5.41 Å². The van der Waals surface area contributed by atoms with E-state index in [0.717, 1.165) is 25.7 Å². The highest BCUT2D eigenvalue weighted by atomic mass is 28.2. The summed E-state index contributed by atoms with van der Waals surface area (Å²) in [7, 11) is 3.21. The van der Waals surface area contributed by atoms with Crippen LogP contribution in [0.2, 0.25) is 0 Å². The number of benzene rings is 3. The summed E-state index contributed by atoms with van der Waals surface area (Å²) in [6, 6.07) is 32.4. The lowest BCUT2D eigenvalue weighted by Crippen LogP contribution is -2.31. The van der Waals surface area contributed by atoms with Crippen LogP contribution in [0, 0.1) is 5.41 Å². The lowest BCUT2D eigenvalue weighted by Gasteiger charge is -2.35. The zero-order valence-corrected chi connectivity index (χ0v) is 16.1. The zero-order chi connectivity index (χ0) is 18.1. The predicted octanol–water partition coefficient (Wildman–Crippen LogP) is 5.19. The molecule has 0 amide bonds. The first kappa shape index (κ1) is 18.6. The molecule has 0 saturated heterocycles. The Morgan fingerprint density at radius 1 is 0.577 bits per heavy atom. The van der Waals surface area contributed by atoms with Gasteiger partial charge in [-0.25, -0.2) is 0 Å². The van der Waals surface area contributed by atoms with Crippen molar-refractivity contribution in [2.75, 3.05) is 6.61 Å². The molecular formula is C24H25OSi. The smallest absolute Gasteiger partial charge is 0.246 e. The summed E-state index contributed by atoms with van der Waals surface area (Å²) in [4.78, 5) is 0. The molecule has 3 aromatic carbocycles. The first-order valence-electron chi connectivity index (χ1n) is 9.20. The summed E-state index contributed by atoms with van der Waals surface area (Å²) in [5, 5.41) is 0. The molecule has 0 aliphatic heterocycles. The molecule has 26 heavy (non-hydrogen) atoms. The highest BCUT2D eigenvalue weighted by Crippen LogP contribution is 2.35. The van der Waals surface area contributed by atoms with Gasteiger partial charge in [-0.15, -0.1) is 0 Å². The minimum Gasteiger partial charge on any atom is -0.419 e. The first-order valence-corrected chi connectivity index (χ1v) is 9.61. The van der Waals surface area contributed by atoms with E-state index in [2.05, 4.69) is 101 Å². The topological polar surface area (TPSA) is 9.23 Å². The predicted molar refractivity (Wildman–Crippen MR) is 109 cm³/mol. The van der Waals surface area contributed by atoms with Crippen LogP contribution >= 0.6 is 0 Å². The average molecular weight is 358 g/mol. The summed E-state index contributed by atoms with van der Waals surface area (Å²) in [5.41, 5.74) is 4.26. The van der Waals surface area contributed by atoms with Gasteiger partial charge in [0.25, 0.3) is 0 Å². The molecule has 0 N–H and O–H groups in total. The van der Waals surface area contributed by atoms with Crippen molar-refractivity contribution in [1.82, 2.24) is 0 Å². The molecule has 0 bridgehead atoms. The molecule has 0 saturated carbocycles. The minimum atomic E-state index is 0.108. The van der Waals surface area contributed by atoms with Gasteiger partial charge in [-0.05, 0) is 47.8 Å². The normalized spacial score (nSPS) is 11.4. The molecule has 1 nitrogen and oxygen atoms in total. The van der Waals surface area contributed by atoms with Crippen LogP contribution < -0.4 is 0 Å². The molecule has 2 heteroatoms. The fraction of sp³-hybridized carbons (Fsp3) is 0.250. The Morgan fingerprint density at radius 3 is 1.23 bits per heavy atom. The summed E-state index contributed by atoms with van der Waals surface area (Å²) >= 11 is 0. The van der Waals surface area contributed by atoms with Gasteiger partial charge >= 0.3 is 0 Å². The van der Waals surface area contributed by atoms with Gasteiger partial charge < -0.3 is 4.43 Å². The quantitative estimate of drug-likeness (QED) is 0.479. The maximum Gasteiger partial charge on any atom is 0.246 e. The number of hydrogen-bond donors (Lipinski definition) is 0. The van der Waals surface area contributed by atoms with Crippen LogP contribution in [0.4, 0.5) is 0 Å². The van der Waals surface area contributed by atoms with Gasteiger partial charge in [0, 0.05) is 6.61 Å². The van der Waals surface area contributed by atoms with Gasteiger partial charge in [-0.1, -0.05) is 91.0 Å². The van der Waals surface area contributed by atoms with E-state index < -0.39 is 0 Å². The van der Waals surface area contributed by atoms with Crippen molar-refractivity contribution in [2.45, 2.75) is 25.7 Å². The Bertz CT molecular complexity index is 655. The molecule has 0 aliphatic rings. The molecule has 0 fully saturated rings. The van der Waals surface area contributed by atoms with E-state index in [-0.39, 0.29) is 5.41 Å². The fourth-order valence-electron chi connectivity index (χ4n) is 3.81. The van der Waals surface area contributed by atoms with Gasteiger partial charge in [0.05, 0.1) is 0 Å². The molecule has 3 rings (SSSR count). The summed E-state index contributed by atoms with van der Waals surface area (Å²) in [5.74, 6) is 0. The molecule has 131 valence electrons. The largest absolute Gasteiger partial charge is 0.419 e. The molecule has 0 aromatic heterocycles. The first-order chi connectivity index (χ1) is 12.8. The Balaban J connectivity index is 1.94. The molecule has 0 unspecified atom stereocenters. The third-order valence-electron chi connectivity index (χ3n) is 5.00. The van der Waals surface area contributed by atoms with Crippen molar-refractivity contribution in [3.63, 3.8) is 0 Å². The van der Waals surface area contributed by atoms with Gasteiger partial charge in [-0.2, -0.15) is 0 Å². The monoisotopic (exact) mass is 357 g/mol. The Morgan fingerprint density at radius 2 is 0.923 bits per heavy atom. The third kappa shape index (κ3) is 5.42. The van der Waals surface area contributed by atoms with Crippen LogP contribution in [0.25, 0.3) is 0 Å². The SMILES string of the molecule is [Si]OCCC(Cc1ccccc1)(Cc1ccccc1)Cc1ccccc1. The van der Waals surface area contributed by atoms with E-state index in [4.69, 9.17) is 4.43 Å². The van der Waals surface area contributed by atoms with Crippen molar-refractivity contribution < 1.29 is 4.43 Å². The van der Waals surface area contributed by atoms with Crippen LogP contribution in [-0.4, -0.2) is 17.1 Å².